The molecule has 2 N–H and O–H groups in total. The van der Waals surface area contributed by atoms with E-state index in [0.717, 1.165) is 19.3 Å². The molecule has 0 aliphatic carbocycles. The van der Waals surface area contributed by atoms with Gasteiger partial charge in [-0.15, -0.1) is 0 Å². The molecule has 0 aromatic heterocycles. The SMILES string of the molecule is O=C(CCCc1ccccc1)Nc1ccc2c(c1)C(=O)N1CCC[C@@H]1C(=O)N2. The number of fused-ring (bicyclic) bond motifs is 2. The maximum Gasteiger partial charge on any atom is 0.256 e. The molecule has 3 amide bonds. The minimum Gasteiger partial charge on any atom is -0.327 e. The quantitative estimate of drug-likeness (QED) is 0.840. The topological polar surface area (TPSA) is 78.5 Å². The van der Waals surface area contributed by atoms with Crippen LogP contribution in [-0.4, -0.2) is 35.2 Å². The van der Waals surface area contributed by atoms with Crippen LogP contribution in [-0.2, 0) is 16.0 Å². The van der Waals surface area contributed by atoms with Crippen molar-refractivity contribution < 1.29 is 14.4 Å². The van der Waals surface area contributed by atoms with Crippen molar-refractivity contribution >= 4 is 29.1 Å². The molecule has 1 fully saturated rings. The lowest BCUT2D eigenvalue weighted by Crippen LogP contribution is -2.40. The van der Waals surface area contributed by atoms with Gasteiger partial charge in [0.25, 0.3) is 5.91 Å². The Morgan fingerprint density at radius 1 is 1.14 bits per heavy atom. The molecule has 2 aliphatic heterocycles. The third-order valence-corrected chi connectivity index (χ3v) is 5.32. The van der Waals surface area contributed by atoms with Crippen molar-refractivity contribution in [2.24, 2.45) is 0 Å². The van der Waals surface area contributed by atoms with Gasteiger partial charge in [-0.2, -0.15) is 0 Å². The van der Waals surface area contributed by atoms with Crippen LogP contribution in [0, 0.1) is 0 Å². The fourth-order valence-electron chi connectivity index (χ4n) is 3.88. The normalized spacial score (nSPS) is 18.1. The lowest BCUT2D eigenvalue weighted by atomic mass is 10.1. The van der Waals surface area contributed by atoms with Gasteiger partial charge in [0.2, 0.25) is 11.8 Å². The molecule has 1 atom stereocenters. The highest BCUT2D eigenvalue weighted by Crippen LogP contribution is 2.30. The highest BCUT2D eigenvalue weighted by Gasteiger charge is 2.38. The Morgan fingerprint density at radius 2 is 1.96 bits per heavy atom. The molecule has 2 aromatic rings. The summed E-state index contributed by atoms with van der Waals surface area (Å²) >= 11 is 0. The molecule has 6 nitrogen and oxygen atoms in total. The van der Waals surface area contributed by atoms with Crippen LogP contribution in [0.4, 0.5) is 11.4 Å². The number of amides is 3. The van der Waals surface area contributed by atoms with Crippen LogP contribution in [0.25, 0.3) is 0 Å². The van der Waals surface area contributed by atoms with E-state index in [2.05, 4.69) is 22.8 Å². The first-order valence-corrected chi connectivity index (χ1v) is 9.71. The van der Waals surface area contributed by atoms with Crippen LogP contribution in [0.3, 0.4) is 0 Å². The molecule has 4 rings (SSSR count). The van der Waals surface area contributed by atoms with E-state index in [1.54, 1.807) is 23.1 Å². The average Bonchev–Trinajstić information content (AvgIpc) is 3.16. The van der Waals surface area contributed by atoms with E-state index in [4.69, 9.17) is 0 Å². The zero-order valence-corrected chi connectivity index (χ0v) is 15.6. The van der Waals surface area contributed by atoms with E-state index in [9.17, 15) is 14.4 Å². The van der Waals surface area contributed by atoms with Crippen LogP contribution in [0.2, 0.25) is 0 Å². The number of anilines is 2. The largest absolute Gasteiger partial charge is 0.327 e. The first-order chi connectivity index (χ1) is 13.6. The molecule has 0 spiro atoms. The second-order valence-electron chi connectivity index (χ2n) is 7.29. The number of carbonyl (C=O) groups excluding carboxylic acids is 3. The van der Waals surface area contributed by atoms with Crippen molar-refractivity contribution in [3.05, 3.63) is 59.7 Å². The second-order valence-corrected chi connectivity index (χ2v) is 7.29. The maximum atomic E-state index is 12.9. The van der Waals surface area contributed by atoms with Crippen LogP contribution in [0.15, 0.2) is 48.5 Å². The van der Waals surface area contributed by atoms with Gasteiger partial charge in [-0.1, -0.05) is 30.3 Å². The number of carbonyl (C=O) groups is 3. The Labute approximate surface area is 163 Å². The summed E-state index contributed by atoms with van der Waals surface area (Å²) in [6.07, 6.45) is 3.53. The minimum atomic E-state index is -0.393. The summed E-state index contributed by atoms with van der Waals surface area (Å²) in [7, 11) is 0. The number of nitrogens with zero attached hydrogens (tertiary/aromatic N) is 1. The van der Waals surface area contributed by atoms with Gasteiger partial charge in [-0.25, -0.2) is 0 Å². The van der Waals surface area contributed by atoms with Gasteiger partial charge in [-0.3, -0.25) is 14.4 Å². The summed E-state index contributed by atoms with van der Waals surface area (Å²) in [5.74, 6) is -0.377. The lowest BCUT2D eigenvalue weighted by molar-refractivity contribution is -0.119. The number of nitrogens with one attached hydrogen (secondary N) is 2. The summed E-state index contributed by atoms with van der Waals surface area (Å²) in [6, 6.07) is 14.7. The number of aryl methyl sites for hydroxylation is 1. The van der Waals surface area contributed by atoms with Crippen LogP contribution in [0.1, 0.15) is 41.6 Å². The maximum absolute atomic E-state index is 12.9. The van der Waals surface area contributed by atoms with Crippen molar-refractivity contribution in [3.8, 4) is 0 Å². The first kappa shape index (κ1) is 18.2. The van der Waals surface area contributed by atoms with E-state index >= 15 is 0 Å². The zero-order chi connectivity index (χ0) is 19.5. The molecule has 28 heavy (non-hydrogen) atoms. The molecule has 2 aliphatic rings. The molecule has 6 heteroatoms. The minimum absolute atomic E-state index is 0.0833. The van der Waals surface area contributed by atoms with E-state index in [1.165, 1.54) is 5.56 Å². The molecule has 2 aromatic carbocycles. The van der Waals surface area contributed by atoms with Crippen molar-refractivity contribution in [3.63, 3.8) is 0 Å². The van der Waals surface area contributed by atoms with Crippen LogP contribution in [0.5, 0.6) is 0 Å². The van der Waals surface area contributed by atoms with Crippen molar-refractivity contribution in [1.82, 2.24) is 4.90 Å². The molecule has 0 saturated carbocycles. The summed E-state index contributed by atoms with van der Waals surface area (Å²) in [5, 5.41) is 5.71. The third kappa shape index (κ3) is 3.76. The molecule has 0 bridgehead atoms. The highest BCUT2D eigenvalue weighted by atomic mass is 16.2. The Bertz CT molecular complexity index is 910. The summed E-state index contributed by atoms with van der Waals surface area (Å²) in [4.78, 5) is 39.1. The van der Waals surface area contributed by atoms with Gasteiger partial charge in [0, 0.05) is 18.7 Å². The number of rotatable bonds is 5. The fourth-order valence-corrected chi connectivity index (χ4v) is 3.88. The van der Waals surface area contributed by atoms with Crippen molar-refractivity contribution in [2.75, 3.05) is 17.2 Å². The zero-order valence-electron chi connectivity index (χ0n) is 15.6. The Kier molecular flexibility index (Phi) is 5.10. The Morgan fingerprint density at radius 3 is 2.79 bits per heavy atom. The van der Waals surface area contributed by atoms with E-state index in [0.29, 0.717) is 36.3 Å². The predicted molar refractivity (Wildman–Crippen MR) is 107 cm³/mol. The van der Waals surface area contributed by atoms with Crippen LogP contribution >= 0.6 is 0 Å². The average molecular weight is 377 g/mol. The number of benzene rings is 2. The molecular weight excluding hydrogens is 354 g/mol. The van der Waals surface area contributed by atoms with Gasteiger partial charge in [0.1, 0.15) is 6.04 Å². The van der Waals surface area contributed by atoms with Gasteiger partial charge >= 0.3 is 0 Å². The van der Waals surface area contributed by atoms with Gasteiger partial charge in [0.15, 0.2) is 0 Å². The summed E-state index contributed by atoms with van der Waals surface area (Å²) in [5.41, 5.74) is 2.72. The smallest absolute Gasteiger partial charge is 0.256 e. The summed E-state index contributed by atoms with van der Waals surface area (Å²) in [6.45, 7) is 0.590. The summed E-state index contributed by atoms with van der Waals surface area (Å²) < 4.78 is 0. The molecule has 1 saturated heterocycles. The molecule has 0 unspecified atom stereocenters. The van der Waals surface area contributed by atoms with E-state index in [-0.39, 0.29) is 17.7 Å². The van der Waals surface area contributed by atoms with E-state index < -0.39 is 6.04 Å². The van der Waals surface area contributed by atoms with Crippen LogP contribution < -0.4 is 10.6 Å². The highest BCUT2D eigenvalue weighted by molar-refractivity contribution is 6.11. The van der Waals surface area contributed by atoms with Crippen molar-refractivity contribution in [1.29, 1.82) is 0 Å². The Hall–Kier alpha value is -3.15. The van der Waals surface area contributed by atoms with Gasteiger partial charge in [-0.05, 0) is 49.4 Å². The molecular formula is C22H23N3O3. The van der Waals surface area contributed by atoms with Gasteiger partial charge < -0.3 is 15.5 Å². The standard InChI is InChI=1S/C22H23N3O3/c26-20(10-4-8-15-6-2-1-3-7-15)23-16-11-12-18-17(14-16)22(28)25-13-5-9-19(25)21(27)24-18/h1-3,6-7,11-12,14,19H,4-5,8-10,13H2,(H,23,26)(H,24,27)/t19-/m1/s1. The lowest BCUT2D eigenvalue weighted by Gasteiger charge is -2.20. The molecule has 2 heterocycles. The van der Waals surface area contributed by atoms with Crippen molar-refractivity contribution in [2.45, 2.75) is 38.1 Å². The predicted octanol–water partition coefficient (Wildman–Crippen LogP) is 3.20. The van der Waals surface area contributed by atoms with Gasteiger partial charge in [0.05, 0.1) is 11.3 Å². The second kappa shape index (κ2) is 7.84. The number of hydrogen-bond donors (Lipinski definition) is 2. The molecule has 144 valence electrons. The fraction of sp³-hybridized carbons (Fsp3) is 0.318. The Balaban J connectivity index is 1.41. The third-order valence-electron chi connectivity index (χ3n) is 5.32. The monoisotopic (exact) mass is 377 g/mol. The molecule has 0 radical (unpaired) electrons. The first-order valence-electron chi connectivity index (χ1n) is 9.71. The number of hydrogen-bond acceptors (Lipinski definition) is 3. The van der Waals surface area contributed by atoms with E-state index in [1.807, 2.05) is 18.2 Å².